The molecule has 0 bridgehead atoms. The van der Waals surface area contributed by atoms with Crippen LogP contribution < -0.4 is 24.8 Å². The fourth-order valence-corrected chi connectivity index (χ4v) is 6.69. The van der Waals surface area contributed by atoms with Crippen molar-refractivity contribution in [3.63, 3.8) is 0 Å². The van der Waals surface area contributed by atoms with Gasteiger partial charge >= 0.3 is 110 Å². The normalized spacial score (nSPS) is 12.1. The Balaban J connectivity index is 0.000000275. The van der Waals surface area contributed by atoms with E-state index in [1.807, 2.05) is 36.4 Å². The summed E-state index contributed by atoms with van der Waals surface area (Å²) in [7, 11) is 0. The Bertz CT molecular complexity index is 1710. The van der Waals surface area contributed by atoms with E-state index < -0.39 is 0 Å². The smallest absolute Gasteiger partial charge is 0.109 e. The molecule has 0 saturated heterocycles. The Morgan fingerprint density at radius 3 is 1.62 bits per heavy atom. The van der Waals surface area contributed by atoms with Crippen molar-refractivity contribution in [1.29, 1.82) is 0 Å². The Morgan fingerprint density at radius 1 is 0.711 bits per heavy atom. The molecule has 0 saturated carbocycles. The number of benzene rings is 4. The van der Waals surface area contributed by atoms with E-state index in [2.05, 4.69) is 128 Å². The second kappa shape index (κ2) is 16.6. The quantitative estimate of drug-likeness (QED) is 0.205. The number of aryl methyl sites for hydroxylation is 2. The van der Waals surface area contributed by atoms with Crippen molar-refractivity contribution in [2.24, 2.45) is 0 Å². The van der Waals surface area contributed by atoms with Gasteiger partial charge in [0.2, 0.25) is 0 Å². The first-order valence-corrected chi connectivity index (χ1v) is 16.6. The Hall–Kier alpha value is -2.15. The molecule has 0 heterocycles. The zero-order chi connectivity index (χ0) is 31.4. The minimum atomic E-state index is 0. The topological polar surface area (TPSA) is 0 Å². The molecule has 1 aliphatic carbocycles. The van der Waals surface area contributed by atoms with Crippen LogP contribution in [0.3, 0.4) is 0 Å². The molecule has 0 radical (unpaired) electrons. The van der Waals surface area contributed by atoms with Gasteiger partial charge in [0.1, 0.15) is 0 Å². The van der Waals surface area contributed by atoms with Gasteiger partial charge in [-0.25, -0.2) is 12.2 Å². The van der Waals surface area contributed by atoms with E-state index >= 15 is 0 Å². The number of hydrogen-bond acceptors (Lipinski definition) is 0. The molecule has 0 amide bonds. The Morgan fingerprint density at radius 2 is 1.22 bits per heavy atom. The van der Waals surface area contributed by atoms with Gasteiger partial charge in [0, 0.05) is 0 Å². The summed E-state index contributed by atoms with van der Waals surface area (Å²) in [5.74, 6) is 0. The van der Waals surface area contributed by atoms with Crippen LogP contribution in [0.15, 0.2) is 103 Å². The molecule has 0 nitrogen and oxygen atoms in total. The van der Waals surface area contributed by atoms with E-state index in [9.17, 15) is 0 Å². The predicted octanol–water partition coefficient (Wildman–Crippen LogP) is 5.69. The molecule has 0 aliphatic heterocycles. The second-order valence-corrected chi connectivity index (χ2v) is 15.1. The van der Waals surface area contributed by atoms with Crippen molar-refractivity contribution in [1.82, 2.24) is 0 Å². The number of halogens is 3. The van der Waals surface area contributed by atoms with Crippen molar-refractivity contribution >= 4 is 36.4 Å². The molecule has 5 aromatic rings. The molecule has 0 atom stereocenters. The summed E-state index contributed by atoms with van der Waals surface area (Å²) < 4.78 is 1.34. The molecule has 0 N–H and O–H groups in total. The van der Waals surface area contributed by atoms with E-state index in [1.165, 1.54) is 82.4 Å². The van der Waals surface area contributed by atoms with Gasteiger partial charge in [0.05, 0.1) is 0 Å². The summed E-state index contributed by atoms with van der Waals surface area (Å²) in [5.41, 5.74) is 8.55. The van der Waals surface area contributed by atoms with Crippen molar-refractivity contribution in [2.75, 3.05) is 0 Å². The Kier molecular flexibility index (Phi) is 14.4. The molecule has 4 heteroatoms. The summed E-state index contributed by atoms with van der Waals surface area (Å²) >= 11 is 7.38. The second-order valence-electron chi connectivity index (χ2n) is 13.4. The van der Waals surface area contributed by atoms with Gasteiger partial charge < -0.3 is 24.8 Å². The van der Waals surface area contributed by atoms with Gasteiger partial charge in [0.15, 0.2) is 0 Å². The van der Waals surface area contributed by atoms with Crippen LogP contribution in [0, 0.1) is 19.9 Å². The maximum atomic E-state index is 5.97. The van der Waals surface area contributed by atoms with Crippen LogP contribution in [0.5, 0.6) is 0 Å². The zero-order valence-electron chi connectivity index (χ0n) is 27.7. The maximum absolute atomic E-state index is 5.97. The predicted molar refractivity (Wildman–Crippen MR) is 187 cm³/mol. The maximum Gasteiger partial charge on any atom is -0.109 e. The molecule has 45 heavy (non-hydrogen) atoms. The summed E-state index contributed by atoms with van der Waals surface area (Å²) in [6, 6.07) is 30.3. The van der Waals surface area contributed by atoms with Crippen LogP contribution in [-0.4, -0.2) is 3.21 Å². The van der Waals surface area contributed by atoms with Gasteiger partial charge in [-0.2, -0.15) is 6.08 Å². The summed E-state index contributed by atoms with van der Waals surface area (Å²) in [5, 5.41) is 6.34. The third kappa shape index (κ3) is 10.2. The molecule has 1 aliphatic rings. The van der Waals surface area contributed by atoms with E-state index in [1.54, 1.807) is 0 Å². The fourth-order valence-electron chi connectivity index (χ4n) is 5.71. The van der Waals surface area contributed by atoms with E-state index in [-0.39, 0.29) is 35.6 Å². The number of hydrogen-bond donors (Lipinski definition) is 0. The molecule has 0 fully saturated rings. The van der Waals surface area contributed by atoms with Crippen LogP contribution in [0.25, 0.3) is 21.5 Å². The van der Waals surface area contributed by atoms with Crippen molar-refractivity contribution in [3.05, 3.63) is 148 Å². The third-order valence-corrected chi connectivity index (χ3v) is 9.43. The number of fused-ring (bicyclic) bond motifs is 3. The standard InChI is InChI=1S/C23H29.C13H9Cl.C5H5.2ClH.Zr/c1-14-9-16-11-17-10-15(2)21(23(6,7)8)13-19(17)18(16)12-20(14)22(3,4)5;14-13-8-4-7-12(10-13)9-11-5-2-1-3-6-11;1-2-4-5-3-1;;;/h9-13H,1-8H3;1-8,10H;1-3H,4H2;2*1H;/q-1;;-1;;;+2/p-2. The molecular formula is C41H43Cl3Zr-2. The average molecular weight is 733 g/mol. The summed E-state index contributed by atoms with van der Waals surface area (Å²) in [4.78, 5) is 0. The van der Waals surface area contributed by atoms with E-state index in [0.29, 0.717) is 0 Å². The van der Waals surface area contributed by atoms with Gasteiger partial charge in [-0.15, -0.1) is 46.2 Å². The molecule has 6 rings (SSSR count). The molecule has 0 aromatic heterocycles. The molecule has 0 unspecified atom stereocenters. The minimum Gasteiger partial charge on any atom is -1.00 e. The summed E-state index contributed by atoms with van der Waals surface area (Å²) in [6.45, 7) is 18.3. The van der Waals surface area contributed by atoms with Crippen LogP contribution in [0.2, 0.25) is 5.02 Å². The van der Waals surface area contributed by atoms with E-state index in [0.717, 1.165) is 11.4 Å². The zero-order valence-corrected chi connectivity index (χ0v) is 32.4. The van der Waals surface area contributed by atoms with Crippen LogP contribution in [0.1, 0.15) is 81.3 Å². The number of rotatable bonds is 2. The summed E-state index contributed by atoms with van der Waals surface area (Å²) in [6.07, 6.45) is 10.0. The molecule has 234 valence electrons. The van der Waals surface area contributed by atoms with Crippen LogP contribution in [0.4, 0.5) is 0 Å². The van der Waals surface area contributed by atoms with Crippen LogP contribution in [-0.2, 0) is 35.1 Å². The van der Waals surface area contributed by atoms with Gasteiger partial charge in [-0.3, -0.25) is 6.08 Å². The van der Waals surface area contributed by atoms with Gasteiger partial charge in [0.25, 0.3) is 0 Å². The first-order valence-electron chi connectivity index (χ1n) is 15.0. The Labute approximate surface area is 303 Å². The van der Waals surface area contributed by atoms with E-state index in [4.69, 9.17) is 11.6 Å². The average Bonchev–Trinajstić information content (AvgIpc) is 3.63. The van der Waals surface area contributed by atoms with Gasteiger partial charge in [-0.1, -0.05) is 75.9 Å². The van der Waals surface area contributed by atoms with Crippen LogP contribution >= 0.6 is 11.6 Å². The molecule has 5 aromatic carbocycles. The van der Waals surface area contributed by atoms with Gasteiger partial charge in [-0.05, 0) is 24.7 Å². The molecule has 0 spiro atoms. The van der Waals surface area contributed by atoms with Crippen molar-refractivity contribution in [3.8, 4) is 0 Å². The third-order valence-electron chi connectivity index (χ3n) is 7.77. The largest absolute Gasteiger partial charge is 1.00 e. The minimum absolute atomic E-state index is 0. The fraction of sp³-hybridized carbons (Fsp3) is 0.268. The van der Waals surface area contributed by atoms with Crippen molar-refractivity contribution < 1.29 is 49.0 Å². The first-order chi connectivity index (χ1) is 20.3. The molecular weight excluding hydrogens is 690 g/mol. The van der Waals surface area contributed by atoms with Crippen molar-refractivity contribution in [2.45, 2.75) is 72.6 Å². The monoisotopic (exact) mass is 730 g/mol. The SMILES string of the molecule is Cc1cc2[cH-]c3cc(C)c(C(C)(C)C)cc3c2cc1C(C)(C)C.Clc1cccc([C](=[Zr+2])c2ccccc2)c1.[C-]1=CC=CC1.[Cl-].[Cl-]. The number of allylic oxidation sites excluding steroid dienone is 4. The first kappa shape index (κ1) is 39.0.